The standard InChI is InChI=1S/C17H12F3NO3S/c18-12-6-4-11(5-7-12)16-9-8-13(24-16)10-21-25(22,23)17-14(19)2-1-3-15(17)20/h1-9,21H,10H2. The molecule has 4 nitrogen and oxygen atoms in total. The van der Waals surface area contributed by atoms with E-state index in [1.54, 1.807) is 6.07 Å². The summed E-state index contributed by atoms with van der Waals surface area (Å²) in [5, 5.41) is 0. The molecule has 130 valence electrons. The Hall–Kier alpha value is -2.58. The van der Waals surface area contributed by atoms with Crippen LogP contribution in [0.1, 0.15) is 5.76 Å². The summed E-state index contributed by atoms with van der Waals surface area (Å²) in [6.07, 6.45) is 0. The van der Waals surface area contributed by atoms with Crippen molar-refractivity contribution in [3.8, 4) is 11.3 Å². The molecule has 0 saturated heterocycles. The molecule has 8 heteroatoms. The number of hydrogen-bond donors (Lipinski definition) is 1. The van der Waals surface area contributed by atoms with Crippen LogP contribution < -0.4 is 4.72 Å². The number of rotatable bonds is 5. The quantitative estimate of drug-likeness (QED) is 0.745. The Bertz CT molecular complexity index is 978. The van der Waals surface area contributed by atoms with Gasteiger partial charge in [-0.1, -0.05) is 6.07 Å². The minimum Gasteiger partial charge on any atom is -0.460 e. The molecule has 2 aromatic carbocycles. The van der Waals surface area contributed by atoms with Crippen LogP contribution in [0.25, 0.3) is 11.3 Å². The van der Waals surface area contributed by atoms with Gasteiger partial charge in [0.15, 0.2) is 4.90 Å². The Kier molecular flexibility index (Phi) is 4.65. The molecule has 0 saturated carbocycles. The van der Waals surface area contributed by atoms with Crippen molar-refractivity contribution in [2.24, 2.45) is 0 Å². The second-order valence-electron chi connectivity index (χ2n) is 5.15. The van der Waals surface area contributed by atoms with Crippen molar-refractivity contribution in [2.75, 3.05) is 0 Å². The highest BCUT2D eigenvalue weighted by atomic mass is 32.2. The van der Waals surface area contributed by atoms with Crippen molar-refractivity contribution in [1.82, 2.24) is 4.72 Å². The monoisotopic (exact) mass is 367 g/mol. The lowest BCUT2D eigenvalue weighted by Gasteiger charge is -2.07. The first-order chi connectivity index (χ1) is 11.9. The summed E-state index contributed by atoms with van der Waals surface area (Å²) in [7, 11) is -4.39. The first-order valence-electron chi connectivity index (χ1n) is 7.15. The minimum atomic E-state index is -4.39. The maximum atomic E-state index is 13.6. The van der Waals surface area contributed by atoms with E-state index in [1.165, 1.54) is 30.3 Å². The molecule has 0 unspecified atom stereocenters. The molecule has 0 amide bonds. The Morgan fingerprint density at radius 3 is 2.16 bits per heavy atom. The van der Waals surface area contributed by atoms with Crippen LogP contribution in [0.2, 0.25) is 0 Å². The largest absolute Gasteiger partial charge is 0.460 e. The Morgan fingerprint density at radius 1 is 0.880 bits per heavy atom. The average molecular weight is 367 g/mol. The average Bonchev–Trinajstić information content (AvgIpc) is 3.02. The molecule has 3 rings (SSSR count). The number of hydrogen-bond acceptors (Lipinski definition) is 3. The lowest BCUT2D eigenvalue weighted by molar-refractivity contribution is 0.496. The number of furan rings is 1. The molecule has 0 fully saturated rings. The summed E-state index contributed by atoms with van der Waals surface area (Å²) in [6, 6.07) is 11.4. The molecule has 0 atom stereocenters. The highest BCUT2D eigenvalue weighted by molar-refractivity contribution is 7.89. The summed E-state index contributed by atoms with van der Waals surface area (Å²) in [4.78, 5) is -1.04. The Morgan fingerprint density at radius 2 is 1.52 bits per heavy atom. The van der Waals surface area contributed by atoms with Crippen LogP contribution in [-0.2, 0) is 16.6 Å². The summed E-state index contributed by atoms with van der Waals surface area (Å²) in [5.41, 5.74) is 0.607. The molecule has 25 heavy (non-hydrogen) atoms. The molecule has 3 aromatic rings. The van der Waals surface area contributed by atoms with Gasteiger partial charge < -0.3 is 4.42 Å². The zero-order valence-corrected chi connectivity index (χ0v) is 13.5. The molecule has 0 aliphatic carbocycles. The van der Waals surface area contributed by atoms with Crippen molar-refractivity contribution < 1.29 is 26.0 Å². The van der Waals surface area contributed by atoms with E-state index in [-0.39, 0.29) is 12.3 Å². The smallest absolute Gasteiger partial charge is 0.246 e. The molecule has 1 aromatic heterocycles. The van der Waals surface area contributed by atoms with Crippen LogP contribution >= 0.6 is 0 Å². The predicted molar refractivity (Wildman–Crippen MR) is 84.5 cm³/mol. The lowest BCUT2D eigenvalue weighted by atomic mass is 10.2. The van der Waals surface area contributed by atoms with Gasteiger partial charge in [-0.05, 0) is 48.5 Å². The topological polar surface area (TPSA) is 59.3 Å². The summed E-state index contributed by atoms with van der Waals surface area (Å²) in [5.74, 6) is -2.11. The molecule has 0 bridgehead atoms. The third-order valence-electron chi connectivity index (χ3n) is 3.41. The van der Waals surface area contributed by atoms with Gasteiger partial charge in [-0.2, -0.15) is 0 Å². The fourth-order valence-corrected chi connectivity index (χ4v) is 3.35. The van der Waals surface area contributed by atoms with E-state index >= 15 is 0 Å². The Balaban J connectivity index is 1.77. The van der Waals surface area contributed by atoms with E-state index < -0.39 is 32.4 Å². The van der Waals surface area contributed by atoms with Crippen LogP contribution in [-0.4, -0.2) is 8.42 Å². The van der Waals surface area contributed by atoms with Gasteiger partial charge in [-0.3, -0.25) is 0 Å². The summed E-state index contributed by atoms with van der Waals surface area (Å²) < 4.78 is 71.9. The van der Waals surface area contributed by atoms with Crippen molar-refractivity contribution in [3.05, 3.63) is 77.8 Å². The predicted octanol–water partition coefficient (Wildman–Crippen LogP) is 3.84. The van der Waals surface area contributed by atoms with Crippen LogP contribution in [0.15, 0.2) is 63.9 Å². The van der Waals surface area contributed by atoms with Gasteiger partial charge in [0.1, 0.15) is 29.0 Å². The number of sulfonamides is 1. The van der Waals surface area contributed by atoms with Crippen molar-refractivity contribution >= 4 is 10.0 Å². The SMILES string of the molecule is O=S(=O)(NCc1ccc(-c2ccc(F)cc2)o1)c1c(F)cccc1F. The molecule has 0 aliphatic rings. The van der Waals surface area contributed by atoms with Gasteiger partial charge in [0, 0.05) is 5.56 Å². The maximum absolute atomic E-state index is 13.6. The van der Waals surface area contributed by atoms with E-state index in [4.69, 9.17) is 4.42 Å². The molecule has 1 N–H and O–H groups in total. The number of halogens is 3. The van der Waals surface area contributed by atoms with E-state index in [2.05, 4.69) is 4.72 Å². The van der Waals surface area contributed by atoms with Crippen LogP contribution in [0.4, 0.5) is 13.2 Å². The van der Waals surface area contributed by atoms with Gasteiger partial charge >= 0.3 is 0 Å². The fraction of sp³-hybridized carbons (Fsp3) is 0.0588. The first-order valence-corrected chi connectivity index (χ1v) is 8.63. The highest BCUT2D eigenvalue weighted by Crippen LogP contribution is 2.23. The second-order valence-corrected chi connectivity index (χ2v) is 6.85. The normalized spacial score (nSPS) is 11.6. The maximum Gasteiger partial charge on any atom is 0.246 e. The molecule has 1 heterocycles. The van der Waals surface area contributed by atoms with Crippen molar-refractivity contribution in [1.29, 1.82) is 0 Å². The lowest BCUT2D eigenvalue weighted by Crippen LogP contribution is -2.25. The van der Waals surface area contributed by atoms with Gasteiger partial charge in [0.2, 0.25) is 10.0 Å². The third kappa shape index (κ3) is 3.75. The zero-order valence-electron chi connectivity index (χ0n) is 12.7. The van der Waals surface area contributed by atoms with Crippen molar-refractivity contribution in [3.63, 3.8) is 0 Å². The van der Waals surface area contributed by atoms with Crippen LogP contribution in [0, 0.1) is 17.5 Å². The zero-order chi connectivity index (χ0) is 18.0. The molecule has 0 aliphatic heterocycles. The van der Waals surface area contributed by atoms with Crippen LogP contribution in [0.3, 0.4) is 0 Å². The van der Waals surface area contributed by atoms with E-state index in [1.807, 2.05) is 0 Å². The third-order valence-corrected chi connectivity index (χ3v) is 4.87. The van der Waals surface area contributed by atoms with E-state index in [9.17, 15) is 21.6 Å². The van der Waals surface area contributed by atoms with Crippen LogP contribution in [0.5, 0.6) is 0 Å². The van der Waals surface area contributed by atoms with Gasteiger partial charge in [0.25, 0.3) is 0 Å². The number of benzene rings is 2. The van der Waals surface area contributed by atoms with Crippen molar-refractivity contribution in [2.45, 2.75) is 11.4 Å². The first kappa shape index (κ1) is 17.2. The highest BCUT2D eigenvalue weighted by Gasteiger charge is 2.23. The number of nitrogens with one attached hydrogen (secondary N) is 1. The minimum absolute atomic E-state index is 0.236. The van der Waals surface area contributed by atoms with Gasteiger partial charge in [0.05, 0.1) is 6.54 Å². The molecule has 0 spiro atoms. The molecular formula is C17H12F3NO3S. The molecule has 0 radical (unpaired) electrons. The summed E-state index contributed by atoms with van der Waals surface area (Å²) >= 11 is 0. The fourth-order valence-electron chi connectivity index (χ4n) is 2.22. The summed E-state index contributed by atoms with van der Waals surface area (Å²) in [6.45, 7) is -0.294. The van der Waals surface area contributed by atoms with E-state index in [0.717, 1.165) is 18.2 Å². The van der Waals surface area contributed by atoms with Gasteiger partial charge in [-0.25, -0.2) is 26.3 Å². The van der Waals surface area contributed by atoms with Gasteiger partial charge in [-0.15, -0.1) is 0 Å². The second kappa shape index (κ2) is 6.73. The van der Waals surface area contributed by atoms with E-state index in [0.29, 0.717) is 11.3 Å². The molecular weight excluding hydrogens is 355 g/mol. The Labute approximate surface area is 142 Å².